The predicted octanol–water partition coefficient (Wildman–Crippen LogP) is 4.61. The van der Waals surface area contributed by atoms with E-state index in [1.807, 2.05) is 31.2 Å². The number of aromatic nitrogens is 1. The van der Waals surface area contributed by atoms with E-state index in [-0.39, 0.29) is 5.91 Å². The molecule has 24 heavy (non-hydrogen) atoms. The number of aryl methyl sites for hydroxylation is 1. The molecule has 0 saturated heterocycles. The predicted molar refractivity (Wildman–Crippen MR) is 98.0 cm³/mol. The smallest absolute Gasteiger partial charge is 0.267 e. The molecular formula is C18H13Cl2N3O. The Morgan fingerprint density at radius 2 is 1.88 bits per heavy atom. The number of nitrogens with one attached hydrogen (secondary N) is 1. The fourth-order valence-electron chi connectivity index (χ4n) is 2.19. The van der Waals surface area contributed by atoms with Crippen LogP contribution >= 0.6 is 23.2 Å². The maximum Gasteiger partial charge on any atom is 0.271 e. The number of hydrogen-bond acceptors (Lipinski definition) is 3. The first-order valence-electron chi connectivity index (χ1n) is 7.19. The maximum absolute atomic E-state index is 12.0. The van der Waals surface area contributed by atoms with Crippen LogP contribution in [-0.4, -0.2) is 17.1 Å². The van der Waals surface area contributed by atoms with E-state index < -0.39 is 0 Å². The molecule has 3 aromatic rings. The molecule has 1 aromatic heterocycles. The number of pyridine rings is 1. The first-order valence-corrected chi connectivity index (χ1v) is 7.94. The van der Waals surface area contributed by atoms with Crippen molar-refractivity contribution in [2.75, 3.05) is 0 Å². The summed E-state index contributed by atoms with van der Waals surface area (Å²) in [5, 5.41) is 5.80. The fourth-order valence-corrected chi connectivity index (χ4v) is 2.51. The van der Waals surface area contributed by atoms with Gasteiger partial charge in [-0.25, -0.2) is 10.4 Å². The van der Waals surface area contributed by atoms with Gasteiger partial charge in [-0.2, -0.15) is 5.10 Å². The van der Waals surface area contributed by atoms with E-state index in [0.29, 0.717) is 21.3 Å². The molecule has 0 bridgehead atoms. The molecule has 0 unspecified atom stereocenters. The van der Waals surface area contributed by atoms with Crippen LogP contribution in [0, 0.1) is 6.92 Å². The molecule has 6 heteroatoms. The first-order chi connectivity index (χ1) is 11.5. The lowest BCUT2D eigenvalue weighted by molar-refractivity contribution is 0.0955. The highest BCUT2D eigenvalue weighted by Crippen LogP contribution is 2.20. The van der Waals surface area contributed by atoms with Crippen molar-refractivity contribution in [1.82, 2.24) is 10.4 Å². The summed E-state index contributed by atoms with van der Waals surface area (Å²) in [5.41, 5.74) is 5.48. The van der Waals surface area contributed by atoms with Crippen molar-refractivity contribution in [3.05, 3.63) is 75.4 Å². The van der Waals surface area contributed by atoms with Gasteiger partial charge in [-0.1, -0.05) is 35.3 Å². The van der Waals surface area contributed by atoms with Crippen LogP contribution in [0.4, 0.5) is 0 Å². The zero-order chi connectivity index (χ0) is 17.1. The molecule has 0 saturated carbocycles. The van der Waals surface area contributed by atoms with Crippen LogP contribution < -0.4 is 5.43 Å². The van der Waals surface area contributed by atoms with Crippen molar-refractivity contribution >= 4 is 46.2 Å². The number of carbonyl (C=O) groups is 1. The Labute approximate surface area is 149 Å². The summed E-state index contributed by atoms with van der Waals surface area (Å²) in [5.74, 6) is -0.330. The average molecular weight is 358 g/mol. The Kier molecular flexibility index (Phi) is 4.79. The van der Waals surface area contributed by atoms with E-state index >= 15 is 0 Å². The van der Waals surface area contributed by atoms with Gasteiger partial charge in [0.15, 0.2) is 0 Å². The summed E-state index contributed by atoms with van der Waals surface area (Å²) in [6.07, 6.45) is 1.47. The van der Waals surface area contributed by atoms with Gasteiger partial charge in [-0.3, -0.25) is 4.79 Å². The normalized spacial score (nSPS) is 11.1. The minimum atomic E-state index is -0.330. The SMILES string of the molecule is Cc1ccc2cc(C=NNC(=O)c3ccc(Cl)cc3)c(Cl)nc2c1. The largest absolute Gasteiger partial charge is 0.271 e. The number of nitrogens with zero attached hydrogens (tertiary/aromatic N) is 2. The summed E-state index contributed by atoms with van der Waals surface area (Å²) < 4.78 is 0. The molecular weight excluding hydrogens is 345 g/mol. The Hall–Kier alpha value is -2.43. The zero-order valence-corrected chi connectivity index (χ0v) is 14.3. The van der Waals surface area contributed by atoms with E-state index in [0.717, 1.165) is 16.5 Å². The van der Waals surface area contributed by atoms with Gasteiger partial charge in [0.2, 0.25) is 0 Å². The van der Waals surface area contributed by atoms with Gasteiger partial charge >= 0.3 is 0 Å². The van der Waals surface area contributed by atoms with Crippen molar-refractivity contribution in [2.45, 2.75) is 6.92 Å². The molecule has 1 amide bonds. The van der Waals surface area contributed by atoms with E-state index in [2.05, 4.69) is 15.5 Å². The zero-order valence-electron chi connectivity index (χ0n) is 12.8. The second-order valence-corrected chi connectivity index (χ2v) is 6.07. The molecule has 0 atom stereocenters. The van der Waals surface area contributed by atoms with Gasteiger partial charge in [0.05, 0.1) is 11.7 Å². The van der Waals surface area contributed by atoms with Crippen molar-refractivity contribution in [1.29, 1.82) is 0 Å². The number of hydrogen-bond donors (Lipinski definition) is 1. The number of halogens is 2. The highest BCUT2D eigenvalue weighted by molar-refractivity contribution is 6.32. The molecule has 120 valence electrons. The third-order valence-electron chi connectivity index (χ3n) is 3.43. The molecule has 0 aliphatic carbocycles. The number of carbonyl (C=O) groups excluding carboxylic acids is 1. The third-order valence-corrected chi connectivity index (χ3v) is 3.98. The topological polar surface area (TPSA) is 54.4 Å². The Morgan fingerprint density at radius 3 is 2.62 bits per heavy atom. The molecule has 0 radical (unpaired) electrons. The lowest BCUT2D eigenvalue weighted by Crippen LogP contribution is -2.17. The lowest BCUT2D eigenvalue weighted by Gasteiger charge is -2.03. The molecule has 3 rings (SSSR count). The van der Waals surface area contributed by atoms with Crippen molar-refractivity contribution in [3.8, 4) is 0 Å². The van der Waals surface area contributed by atoms with Crippen LogP contribution in [0.3, 0.4) is 0 Å². The third kappa shape index (κ3) is 3.72. The van der Waals surface area contributed by atoms with E-state index in [1.54, 1.807) is 24.3 Å². The van der Waals surface area contributed by atoms with E-state index in [1.165, 1.54) is 6.21 Å². The van der Waals surface area contributed by atoms with Gasteiger partial charge in [0, 0.05) is 21.5 Å². The second kappa shape index (κ2) is 6.99. The summed E-state index contributed by atoms with van der Waals surface area (Å²) in [7, 11) is 0. The summed E-state index contributed by atoms with van der Waals surface area (Å²) in [6.45, 7) is 2.00. The standard InChI is InChI=1S/C18H13Cl2N3O/c1-11-2-3-13-9-14(17(20)22-16(13)8-11)10-21-23-18(24)12-4-6-15(19)7-5-12/h2-10H,1H3,(H,23,24). The number of rotatable bonds is 3. The van der Waals surface area contributed by atoms with Crippen molar-refractivity contribution < 1.29 is 4.79 Å². The minimum absolute atomic E-state index is 0.330. The van der Waals surface area contributed by atoms with Gasteiger partial charge in [-0.05, 0) is 48.9 Å². The van der Waals surface area contributed by atoms with Gasteiger partial charge in [0.25, 0.3) is 5.91 Å². The van der Waals surface area contributed by atoms with Gasteiger partial charge in [0.1, 0.15) is 5.15 Å². The van der Waals surface area contributed by atoms with Crippen LogP contribution in [0.2, 0.25) is 10.2 Å². The highest BCUT2D eigenvalue weighted by atomic mass is 35.5. The Bertz CT molecular complexity index is 937. The summed E-state index contributed by atoms with van der Waals surface area (Å²) >= 11 is 12.0. The number of hydrazone groups is 1. The number of benzene rings is 2. The molecule has 2 aromatic carbocycles. The molecule has 0 spiro atoms. The minimum Gasteiger partial charge on any atom is -0.267 e. The monoisotopic (exact) mass is 357 g/mol. The second-order valence-electron chi connectivity index (χ2n) is 5.27. The number of amides is 1. The van der Waals surface area contributed by atoms with Crippen LogP contribution in [0.15, 0.2) is 53.6 Å². The van der Waals surface area contributed by atoms with E-state index in [9.17, 15) is 4.79 Å². The summed E-state index contributed by atoms with van der Waals surface area (Å²) in [6, 6.07) is 14.4. The highest BCUT2D eigenvalue weighted by Gasteiger charge is 2.05. The molecule has 0 aliphatic heterocycles. The lowest BCUT2D eigenvalue weighted by atomic mass is 10.1. The molecule has 0 fully saturated rings. The maximum atomic E-state index is 12.0. The molecule has 4 nitrogen and oxygen atoms in total. The average Bonchev–Trinajstić information content (AvgIpc) is 2.56. The van der Waals surface area contributed by atoms with E-state index in [4.69, 9.17) is 23.2 Å². The van der Waals surface area contributed by atoms with Gasteiger partial charge < -0.3 is 0 Å². The first kappa shape index (κ1) is 16.4. The van der Waals surface area contributed by atoms with Crippen LogP contribution in [0.1, 0.15) is 21.5 Å². The Balaban J connectivity index is 1.77. The molecule has 1 heterocycles. The summed E-state index contributed by atoms with van der Waals surface area (Å²) in [4.78, 5) is 16.3. The van der Waals surface area contributed by atoms with Gasteiger partial charge in [-0.15, -0.1) is 0 Å². The fraction of sp³-hybridized carbons (Fsp3) is 0.0556. The van der Waals surface area contributed by atoms with Crippen molar-refractivity contribution in [2.24, 2.45) is 5.10 Å². The Morgan fingerprint density at radius 1 is 1.12 bits per heavy atom. The van der Waals surface area contributed by atoms with Crippen LogP contribution in [-0.2, 0) is 0 Å². The molecule has 0 aliphatic rings. The van der Waals surface area contributed by atoms with Crippen LogP contribution in [0.25, 0.3) is 10.9 Å². The molecule has 1 N–H and O–H groups in total. The number of fused-ring (bicyclic) bond motifs is 1. The van der Waals surface area contributed by atoms with Crippen molar-refractivity contribution in [3.63, 3.8) is 0 Å². The van der Waals surface area contributed by atoms with Crippen LogP contribution in [0.5, 0.6) is 0 Å². The quantitative estimate of drug-likeness (QED) is 0.422.